The van der Waals surface area contributed by atoms with Crippen LogP contribution in [0.15, 0.2) is 55.1 Å². The first-order chi connectivity index (χ1) is 13.9. The Bertz CT molecular complexity index is 1030. The summed E-state index contributed by atoms with van der Waals surface area (Å²) < 4.78 is 8.74. The van der Waals surface area contributed by atoms with Crippen LogP contribution in [0, 0.1) is 0 Å². The van der Waals surface area contributed by atoms with Crippen molar-refractivity contribution >= 4 is 31.5 Å². The molecule has 0 aromatic heterocycles. The molecule has 0 saturated heterocycles. The van der Waals surface area contributed by atoms with E-state index >= 15 is 0 Å². The Morgan fingerprint density at radius 1 is 0.625 bits per heavy atom. The molecule has 0 radical (unpaired) electrons. The number of halogens is 2. The van der Waals surface area contributed by atoms with Gasteiger partial charge < -0.3 is 24.8 Å². The van der Waals surface area contributed by atoms with Crippen LogP contribution in [-0.4, -0.2) is 20.4 Å². The van der Waals surface area contributed by atoms with Gasteiger partial charge in [-0.2, -0.15) is 0 Å². The first-order valence-electron chi connectivity index (χ1n) is 11.2. The Morgan fingerprint density at radius 2 is 0.938 bits per heavy atom. The van der Waals surface area contributed by atoms with E-state index in [9.17, 15) is 0 Å². The van der Waals surface area contributed by atoms with Gasteiger partial charge in [0.1, 0.15) is 0 Å². The number of hydrogen-bond acceptors (Lipinski definition) is 0. The zero-order valence-electron chi connectivity index (χ0n) is 20.7. The fraction of sp³-hybridized carbons (Fsp3) is 0.370. The van der Waals surface area contributed by atoms with Gasteiger partial charge >= 0.3 is 194 Å². The number of rotatable bonds is 4. The van der Waals surface area contributed by atoms with E-state index in [2.05, 4.69) is 102 Å². The summed E-state index contributed by atoms with van der Waals surface area (Å²) in [6.07, 6.45) is 0. The zero-order valence-corrected chi connectivity index (χ0v) is 26.7. The van der Waals surface area contributed by atoms with Gasteiger partial charge in [-0.3, -0.25) is 0 Å². The van der Waals surface area contributed by atoms with E-state index in [-0.39, 0.29) is 24.8 Å². The van der Waals surface area contributed by atoms with Crippen LogP contribution in [-0.2, 0) is 21.3 Å². The zero-order chi connectivity index (χ0) is 22.0. The van der Waals surface area contributed by atoms with Gasteiger partial charge in [0.05, 0.1) is 0 Å². The van der Waals surface area contributed by atoms with Gasteiger partial charge in [0, 0.05) is 0 Å². The van der Waals surface area contributed by atoms with Gasteiger partial charge in [0.2, 0.25) is 0 Å². The third-order valence-corrected chi connectivity index (χ3v) is 19.7. The molecule has 2 aromatic carbocycles. The molecule has 0 amide bonds. The molecule has 2 aliphatic rings. The van der Waals surface area contributed by atoms with Crippen molar-refractivity contribution in [2.75, 3.05) is 0 Å². The Labute approximate surface area is 217 Å². The quantitative estimate of drug-likeness (QED) is 0.486. The monoisotopic (exact) mass is 576 g/mol. The van der Waals surface area contributed by atoms with E-state index in [4.69, 9.17) is 4.21 Å². The van der Waals surface area contributed by atoms with E-state index in [0.29, 0.717) is 11.1 Å². The van der Waals surface area contributed by atoms with Crippen molar-refractivity contribution in [3.8, 4) is 0 Å². The van der Waals surface area contributed by atoms with Crippen LogP contribution in [0.25, 0.3) is 11.1 Å². The Hall–Kier alpha value is -0.313. The molecule has 0 fully saturated rings. The summed E-state index contributed by atoms with van der Waals surface area (Å²) in [6, 6.07) is 18.5. The molecule has 4 rings (SSSR count). The molecular weight excluding hydrogens is 543 g/mol. The van der Waals surface area contributed by atoms with E-state index in [1.54, 1.807) is 22.3 Å². The first kappa shape index (κ1) is 27.9. The van der Waals surface area contributed by atoms with Crippen molar-refractivity contribution in [2.45, 2.75) is 64.2 Å². The second-order valence-corrected chi connectivity index (χ2v) is 26.9. The summed E-state index contributed by atoms with van der Waals surface area (Å²) in [4.78, 5) is 0. The number of fused-ring (bicyclic) bond motifs is 2. The smallest absolute Gasteiger partial charge is 1.00 e. The molecule has 170 valence electrons. The third kappa shape index (κ3) is 4.50. The molecule has 0 N–H and O–H groups in total. The van der Waals surface area contributed by atoms with E-state index in [1.807, 2.05) is 6.56 Å². The Balaban J connectivity index is 0.00000181. The van der Waals surface area contributed by atoms with Gasteiger partial charge in [0.15, 0.2) is 0 Å². The van der Waals surface area contributed by atoms with E-state index in [0.717, 1.165) is 0 Å². The summed E-state index contributed by atoms with van der Waals surface area (Å²) in [5, 5.41) is 0. The Morgan fingerprint density at radius 3 is 1.25 bits per heavy atom. The van der Waals surface area contributed by atoms with Crippen molar-refractivity contribution in [1.82, 2.24) is 0 Å². The minimum atomic E-state index is -2.27. The summed E-state index contributed by atoms with van der Waals surface area (Å²) in [6.45, 7) is 20.2. The summed E-state index contributed by atoms with van der Waals surface area (Å²) in [5.74, 6) is 0. The van der Waals surface area contributed by atoms with Crippen LogP contribution >= 0.6 is 0 Å². The summed E-state index contributed by atoms with van der Waals surface area (Å²) in [7, 11) is -2.85. The SMILES string of the molecule is [CH2]=[Zr+2]([C]1=C(C)c2ccccc2C1[Si](C)(C)C)[C]1=C(C)c2ccccc2C1[Si](C)(C)C.[Cl-].[Cl-]. The van der Waals surface area contributed by atoms with Gasteiger partial charge in [-0.05, 0) is 0 Å². The molecule has 0 heterocycles. The summed E-state index contributed by atoms with van der Waals surface area (Å²) >= 11 is -2.27. The molecular formula is C27H36Cl2Si2Zr. The molecule has 5 heteroatoms. The van der Waals surface area contributed by atoms with Crippen molar-refractivity contribution in [3.05, 3.63) is 77.3 Å². The maximum Gasteiger partial charge on any atom is -1.00 e. The third-order valence-electron chi connectivity index (χ3n) is 7.12. The van der Waals surface area contributed by atoms with Crippen LogP contribution in [0.2, 0.25) is 39.3 Å². The minimum Gasteiger partial charge on any atom is -1.00 e. The van der Waals surface area contributed by atoms with Crippen molar-refractivity contribution in [3.63, 3.8) is 0 Å². The standard InChI is InChI=1S/2C13H17Si.CH2.2ClH.Zr/c2*1-10-9-13(14(2,3)4)12-8-6-5-7-11(10)12;;;;/h2*5-8,13H,1-4H3;1H2;2*1H;/q;;;;;+2/p-2. The largest absolute Gasteiger partial charge is 1.00 e. The predicted molar refractivity (Wildman–Crippen MR) is 137 cm³/mol. The number of hydrogen-bond donors (Lipinski definition) is 0. The van der Waals surface area contributed by atoms with Gasteiger partial charge in [-0.25, -0.2) is 0 Å². The maximum absolute atomic E-state index is 5.12. The van der Waals surface area contributed by atoms with Crippen LogP contribution in [0.5, 0.6) is 0 Å². The average Bonchev–Trinajstić information content (AvgIpc) is 3.14. The second-order valence-electron chi connectivity index (χ2n) is 11.3. The normalized spacial score (nSPS) is 19.6. The van der Waals surface area contributed by atoms with E-state index in [1.165, 1.54) is 11.1 Å². The van der Waals surface area contributed by atoms with Crippen LogP contribution in [0.3, 0.4) is 0 Å². The molecule has 2 aromatic rings. The van der Waals surface area contributed by atoms with E-state index < -0.39 is 37.4 Å². The molecule has 0 nitrogen and oxygen atoms in total. The van der Waals surface area contributed by atoms with Crippen molar-refractivity contribution < 1.29 is 46.1 Å². The molecule has 32 heavy (non-hydrogen) atoms. The van der Waals surface area contributed by atoms with Crippen molar-refractivity contribution in [1.29, 1.82) is 0 Å². The van der Waals surface area contributed by atoms with Crippen LogP contribution in [0.4, 0.5) is 0 Å². The van der Waals surface area contributed by atoms with Crippen LogP contribution in [0.1, 0.15) is 47.2 Å². The fourth-order valence-electron chi connectivity index (χ4n) is 5.96. The molecule has 0 bridgehead atoms. The number of benzene rings is 2. The fourth-order valence-corrected chi connectivity index (χ4v) is 25.0. The number of allylic oxidation sites excluding steroid dienone is 4. The first-order valence-corrected chi connectivity index (χ1v) is 22.6. The Kier molecular flexibility index (Phi) is 8.50. The second kappa shape index (κ2) is 9.74. The summed E-state index contributed by atoms with van der Waals surface area (Å²) in [5.41, 5.74) is 10.7. The van der Waals surface area contributed by atoms with Crippen molar-refractivity contribution in [2.24, 2.45) is 0 Å². The molecule has 0 aliphatic heterocycles. The molecule has 0 saturated carbocycles. The maximum atomic E-state index is 5.12. The molecule has 2 aliphatic carbocycles. The van der Waals surface area contributed by atoms with Gasteiger partial charge in [0.25, 0.3) is 0 Å². The van der Waals surface area contributed by atoms with Gasteiger partial charge in [-0.1, -0.05) is 0 Å². The topological polar surface area (TPSA) is 0 Å². The minimum absolute atomic E-state index is 0. The predicted octanol–water partition coefficient (Wildman–Crippen LogP) is 1.86. The molecule has 2 atom stereocenters. The van der Waals surface area contributed by atoms with Crippen LogP contribution < -0.4 is 24.8 Å². The molecule has 2 unspecified atom stereocenters. The molecule has 0 spiro atoms. The van der Waals surface area contributed by atoms with Gasteiger partial charge in [-0.15, -0.1) is 0 Å². The average molecular weight is 579 g/mol.